The molecule has 0 unspecified atom stereocenters. The monoisotopic (exact) mass is 438 g/mol. The van der Waals surface area contributed by atoms with Crippen LogP contribution in [-0.2, 0) is 6.54 Å². The smallest absolute Gasteiger partial charge is 0.227 e. The van der Waals surface area contributed by atoms with Crippen LogP contribution < -0.4 is 14.9 Å². The highest BCUT2D eigenvalue weighted by Gasteiger charge is 2.15. The highest BCUT2D eigenvalue weighted by molar-refractivity contribution is 5.82. The van der Waals surface area contributed by atoms with Crippen molar-refractivity contribution in [2.45, 2.75) is 25.8 Å². The number of piperazine rings is 1. The molecule has 0 saturated carbocycles. The fraction of sp³-hybridized carbons (Fsp3) is 0.458. The van der Waals surface area contributed by atoms with Crippen LogP contribution in [0.1, 0.15) is 25.0 Å². The van der Waals surface area contributed by atoms with Crippen molar-refractivity contribution in [2.75, 3.05) is 46.4 Å². The number of para-hydroxylation sites is 1. The van der Waals surface area contributed by atoms with Gasteiger partial charge in [0.1, 0.15) is 18.4 Å². The van der Waals surface area contributed by atoms with Crippen LogP contribution in [0.25, 0.3) is 10.9 Å². The van der Waals surface area contributed by atoms with Gasteiger partial charge in [-0.15, -0.1) is 0 Å². The summed E-state index contributed by atoms with van der Waals surface area (Å²) >= 11 is 0. The highest BCUT2D eigenvalue weighted by atomic mass is 16.5. The Hall–Kier alpha value is -2.97. The van der Waals surface area contributed by atoms with Crippen molar-refractivity contribution in [3.8, 4) is 11.6 Å². The zero-order valence-corrected chi connectivity index (χ0v) is 18.5. The Labute approximate surface area is 187 Å². The minimum absolute atomic E-state index is 0.126. The van der Waals surface area contributed by atoms with Gasteiger partial charge in [0.05, 0.1) is 30.7 Å². The molecule has 0 spiro atoms. The minimum Gasteiger partial charge on any atom is -0.487 e. The summed E-state index contributed by atoms with van der Waals surface area (Å²) in [4.78, 5) is 25.4. The number of rotatable bonds is 10. The van der Waals surface area contributed by atoms with Crippen LogP contribution in [0.3, 0.4) is 0 Å². The second kappa shape index (κ2) is 11.1. The SMILES string of the molecule is CN1CCN(Cc2cc(=O)c(OCCCCCOc3ncnc4ccccc34)co2)CC1. The zero-order valence-electron chi connectivity index (χ0n) is 18.5. The number of likely N-dealkylation sites (N-methyl/N-ethyl adjacent to an activating group) is 1. The van der Waals surface area contributed by atoms with Crippen LogP contribution in [0.5, 0.6) is 11.6 Å². The van der Waals surface area contributed by atoms with E-state index in [0.29, 0.717) is 31.4 Å². The van der Waals surface area contributed by atoms with E-state index in [0.717, 1.165) is 56.3 Å². The second-order valence-electron chi connectivity index (χ2n) is 8.11. The maximum Gasteiger partial charge on any atom is 0.227 e. The van der Waals surface area contributed by atoms with Gasteiger partial charge in [-0.25, -0.2) is 9.97 Å². The molecule has 170 valence electrons. The van der Waals surface area contributed by atoms with Crippen LogP contribution in [-0.4, -0.2) is 66.2 Å². The normalized spacial score (nSPS) is 15.2. The Bertz CT molecular complexity index is 1060. The number of benzene rings is 1. The third kappa shape index (κ3) is 6.05. The Morgan fingerprint density at radius 1 is 1.00 bits per heavy atom. The van der Waals surface area contributed by atoms with E-state index in [1.54, 1.807) is 6.07 Å². The van der Waals surface area contributed by atoms with Crippen molar-refractivity contribution in [3.05, 3.63) is 58.9 Å². The number of ether oxygens (including phenoxy) is 2. The first kappa shape index (κ1) is 22.2. The van der Waals surface area contributed by atoms with E-state index in [-0.39, 0.29) is 11.2 Å². The van der Waals surface area contributed by atoms with Gasteiger partial charge in [-0.05, 0) is 38.4 Å². The first-order valence-electron chi connectivity index (χ1n) is 11.2. The molecule has 0 amide bonds. The van der Waals surface area contributed by atoms with Crippen LogP contribution >= 0.6 is 0 Å². The van der Waals surface area contributed by atoms with Crippen LogP contribution in [0, 0.1) is 0 Å². The quantitative estimate of drug-likeness (QED) is 0.447. The lowest BCUT2D eigenvalue weighted by atomic mass is 10.2. The summed E-state index contributed by atoms with van der Waals surface area (Å²) in [6, 6.07) is 9.34. The number of aromatic nitrogens is 2. The summed E-state index contributed by atoms with van der Waals surface area (Å²) < 4.78 is 17.1. The van der Waals surface area contributed by atoms with Crippen LogP contribution in [0.4, 0.5) is 0 Å². The molecule has 8 heteroatoms. The number of unbranched alkanes of at least 4 members (excludes halogenated alkanes) is 2. The van der Waals surface area contributed by atoms with Crippen molar-refractivity contribution in [1.82, 2.24) is 19.8 Å². The molecule has 8 nitrogen and oxygen atoms in total. The molecule has 1 fully saturated rings. The van der Waals surface area contributed by atoms with E-state index in [4.69, 9.17) is 13.9 Å². The van der Waals surface area contributed by atoms with Gasteiger partial charge in [0, 0.05) is 32.2 Å². The van der Waals surface area contributed by atoms with Crippen LogP contribution in [0.2, 0.25) is 0 Å². The fourth-order valence-corrected chi connectivity index (χ4v) is 3.68. The summed E-state index contributed by atoms with van der Waals surface area (Å²) in [5.41, 5.74) is 0.749. The number of nitrogens with zero attached hydrogens (tertiary/aromatic N) is 4. The molecule has 0 aliphatic carbocycles. The van der Waals surface area contributed by atoms with Gasteiger partial charge < -0.3 is 18.8 Å². The summed E-state index contributed by atoms with van der Waals surface area (Å²) in [5.74, 6) is 1.57. The minimum atomic E-state index is -0.126. The van der Waals surface area contributed by atoms with Gasteiger partial charge in [-0.2, -0.15) is 0 Å². The van der Waals surface area contributed by atoms with Gasteiger partial charge in [0.25, 0.3) is 0 Å². The predicted octanol–water partition coefficient (Wildman–Crippen LogP) is 2.96. The molecule has 32 heavy (non-hydrogen) atoms. The van der Waals surface area contributed by atoms with Gasteiger partial charge >= 0.3 is 0 Å². The van der Waals surface area contributed by atoms with Crippen molar-refractivity contribution >= 4 is 10.9 Å². The van der Waals surface area contributed by atoms with E-state index in [2.05, 4.69) is 26.8 Å². The first-order chi connectivity index (χ1) is 15.7. The molecule has 4 rings (SSSR count). The molecule has 0 N–H and O–H groups in total. The molecule has 1 aromatic carbocycles. The third-order valence-corrected chi connectivity index (χ3v) is 5.62. The Morgan fingerprint density at radius 2 is 1.78 bits per heavy atom. The molecule has 1 saturated heterocycles. The topological polar surface area (TPSA) is 80.9 Å². The molecular formula is C24H30N4O4. The van der Waals surface area contributed by atoms with E-state index in [1.165, 1.54) is 12.6 Å². The molecule has 3 heterocycles. The summed E-state index contributed by atoms with van der Waals surface area (Å²) in [6.45, 7) is 5.73. The van der Waals surface area contributed by atoms with Gasteiger partial charge in [0.2, 0.25) is 17.1 Å². The maximum absolute atomic E-state index is 12.3. The molecule has 1 aliphatic rings. The highest BCUT2D eigenvalue weighted by Crippen LogP contribution is 2.20. The molecular weight excluding hydrogens is 408 g/mol. The summed E-state index contributed by atoms with van der Waals surface area (Å²) in [7, 11) is 2.12. The first-order valence-corrected chi connectivity index (χ1v) is 11.2. The average molecular weight is 439 g/mol. The second-order valence-corrected chi connectivity index (χ2v) is 8.11. The lowest BCUT2D eigenvalue weighted by Crippen LogP contribution is -2.43. The number of hydrogen-bond donors (Lipinski definition) is 0. The summed E-state index contributed by atoms with van der Waals surface area (Å²) in [5, 5.41) is 0.918. The van der Waals surface area contributed by atoms with Gasteiger partial charge in [0.15, 0.2) is 0 Å². The average Bonchev–Trinajstić information content (AvgIpc) is 2.81. The third-order valence-electron chi connectivity index (χ3n) is 5.62. The van der Waals surface area contributed by atoms with Crippen molar-refractivity contribution in [3.63, 3.8) is 0 Å². The van der Waals surface area contributed by atoms with Crippen molar-refractivity contribution in [2.24, 2.45) is 0 Å². The fourth-order valence-electron chi connectivity index (χ4n) is 3.68. The lowest BCUT2D eigenvalue weighted by molar-refractivity contribution is 0.139. The van der Waals surface area contributed by atoms with Crippen LogP contribution in [0.15, 0.2) is 52.1 Å². The molecule has 0 radical (unpaired) electrons. The largest absolute Gasteiger partial charge is 0.487 e. The molecule has 1 aliphatic heterocycles. The van der Waals surface area contributed by atoms with Gasteiger partial charge in [-0.1, -0.05) is 12.1 Å². The molecule has 0 atom stereocenters. The number of hydrogen-bond acceptors (Lipinski definition) is 8. The standard InChI is InChI=1S/C24H30N4O4/c1-27-9-11-28(12-10-27)16-19-15-22(29)23(17-32-19)30-13-5-2-6-14-31-24-20-7-3-4-8-21(20)25-18-26-24/h3-4,7-8,15,17-18H,2,5-6,9-14,16H2,1H3. The lowest BCUT2D eigenvalue weighted by Gasteiger charge is -2.31. The molecule has 0 bridgehead atoms. The predicted molar refractivity (Wildman–Crippen MR) is 122 cm³/mol. The Balaban J connectivity index is 1.14. The zero-order chi connectivity index (χ0) is 22.2. The van der Waals surface area contributed by atoms with E-state index >= 15 is 0 Å². The van der Waals surface area contributed by atoms with E-state index in [1.807, 2.05) is 24.3 Å². The summed E-state index contributed by atoms with van der Waals surface area (Å²) in [6.07, 6.45) is 5.59. The van der Waals surface area contributed by atoms with Crippen molar-refractivity contribution in [1.29, 1.82) is 0 Å². The molecule has 2 aromatic heterocycles. The van der Waals surface area contributed by atoms with Gasteiger partial charge in [-0.3, -0.25) is 9.69 Å². The maximum atomic E-state index is 12.3. The Morgan fingerprint density at radius 3 is 2.59 bits per heavy atom. The van der Waals surface area contributed by atoms with Crippen molar-refractivity contribution < 1.29 is 13.9 Å². The Kier molecular flexibility index (Phi) is 7.68. The van der Waals surface area contributed by atoms with E-state index in [9.17, 15) is 4.79 Å². The number of fused-ring (bicyclic) bond motifs is 1. The molecule has 3 aromatic rings. The van der Waals surface area contributed by atoms with E-state index < -0.39 is 0 Å².